The number of hydrogen-bond acceptors (Lipinski definition) is 1. The Balaban J connectivity index is 2.40. The molecule has 0 N–H and O–H groups in total. The van der Waals surface area contributed by atoms with E-state index in [4.69, 9.17) is 0 Å². The largest absolute Gasteiger partial charge is 0.289 e. The zero-order valence-electron chi connectivity index (χ0n) is 6.37. The number of hydrogen-bond donors (Lipinski definition) is 0. The first-order valence-corrected chi connectivity index (χ1v) is 3.94. The maximum absolute atomic E-state index is 11.3. The van der Waals surface area contributed by atoms with Gasteiger partial charge in [0, 0.05) is 5.57 Å². The Kier molecular flexibility index (Phi) is 0.867. The van der Waals surface area contributed by atoms with Crippen LogP contribution in [-0.2, 0) is 4.79 Å². The Morgan fingerprint density at radius 2 is 1.67 bits per heavy atom. The molecule has 0 fully saturated rings. The SMILES string of the molecule is O=C1C=C2C=C1c1ccccc12. The van der Waals surface area contributed by atoms with Crippen LogP contribution in [0.25, 0.3) is 11.1 Å². The Labute approximate surface area is 70.0 Å². The number of allylic oxidation sites excluding steroid dienone is 4. The van der Waals surface area contributed by atoms with Crippen LogP contribution >= 0.6 is 0 Å². The van der Waals surface area contributed by atoms with Gasteiger partial charge in [0.2, 0.25) is 0 Å². The first-order valence-electron chi connectivity index (χ1n) is 3.94. The molecule has 2 aliphatic carbocycles. The summed E-state index contributed by atoms with van der Waals surface area (Å²) in [5.74, 6) is 0.156. The molecule has 0 spiro atoms. The minimum atomic E-state index is 0.156. The van der Waals surface area contributed by atoms with E-state index in [0.29, 0.717) is 0 Å². The molecule has 0 aromatic heterocycles. The molecule has 1 nitrogen and oxygen atoms in total. The Morgan fingerprint density at radius 1 is 0.917 bits per heavy atom. The number of fused-ring (bicyclic) bond motifs is 4. The van der Waals surface area contributed by atoms with Gasteiger partial charge in [0.05, 0.1) is 0 Å². The van der Waals surface area contributed by atoms with Gasteiger partial charge in [-0.05, 0) is 28.9 Å². The molecule has 2 aliphatic rings. The zero-order valence-corrected chi connectivity index (χ0v) is 6.37. The highest BCUT2D eigenvalue weighted by molar-refractivity contribution is 6.37. The molecular weight excluding hydrogens is 148 g/mol. The third-order valence-corrected chi connectivity index (χ3v) is 2.38. The molecule has 3 rings (SSSR count). The minimum Gasteiger partial charge on any atom is -0.289 e. The van der Waals surface area contributed by atoms with Gasteiger partial charge in [-0.15, -0.1) is 0 Å². The van der Waals surface area contributed by atoms with Crippen molar-refractivity contribution >= 4 is 16.9 Å². The van der Waals surface area contributed by atoms with E-state index in [1.165, 1.54) is 5.56 Å². The molecule has 0 aliphatic heterocycles. The first-order chi connectivity index (χ1) is 5.86. The van der Waals surface area contributed by atoms with Gasteiger partial charge in [0.15, 0.2) is 5.78 Å². The van der Waals surface area contributed by atoms with Gasteiger partial charge in [-0.25, -0.2) is 0 Å². The zero-order chi connectivity index (χ0) is 8.13. The van der Waals surface area contributed by atoms with Crippen LogP contribution in [0.4, 0.5) is 0 Å². The second-order valence-corrected chi connectivity index (χ2v) is 3.07. The van der Waals surface area contributed by atoms with Crippen molar-refractivity contribution < 1.29 is 4.79 Å². The number of carbonyl (C=O) groups is 1. The van der Waals surface area contributed by atoms with Gasteiger partial charge in [-0.2, -0.15) is 0 Å². The van der Waals surface area contributed by atoms with Gasteiger partial charge in [0.1, 0.15) is 0 Å². The van der Waals surface area contributed by atoms with Crippen LogP contribution in [0.1, 0.15) is 11.1 Å². The van der Waals surface area contributed by atoms with E-state index in [1.54, 1.807) is 6.08 Å². The summed E-state index contributed by atoms with van der Waals surface area (Å²) in [7, 11) is 0. The third-order valence-electron chi connectivity index (χ3n) is 2.38. The summed E-state index contributed by atoms with van der Waals surface area (Å²) >= 11 is 0. The van der Waals surface area contributed by atoms with E-state index < -0.39 is 0 Å². The van der Waals surface area contributed by atoms with E-state index >= 15 is 0 Å². The molecule has 0 amide bonds. The Bertz CT molecular complexity index is 450. The molecule has 0 radical (unpaired) electrons. The summed E-state index contributed by atoms with van der Waals surface area (Å²) in [6.45, 7) is 0. The van der Waals surface area contributed by atoms with Crippen LogP contribution in [0, 0.1) is 0 Å². The molecule has 0 heterocycles. The van der Waals surface area contributed by atoms with Crippen molar-refractivity contribution in [1.29, 1.82) is 0 Å². The average molecular weight is 154 g/mol. The summed E-state index contributed by atoms with van der Waals surface area (Å²) in [4.78, 5) is 11.3. The third kappa shape index (κ3) is 0.527. The summed E-state index contributed by atoms with van der Waals surface area (Å²) in [6.07, 6.45) is 3.67. The van der Waals surface area contributed by atoms with Gasteiger partial charge >= 0.3 is 0 Å². The lowest BCUT2D eigenvalue weighted by Gasteiger charge is -2.05. The van der Waals surface area contributed by atoms with Crippen molar-refractivity contribution in [3.05, 3.63) is 47.5 Å². The van der Waals surface area contributed by atoms with Gasteiger partial charge in [0.25, 0.3) is 0 Å². The van der Waals surface area contributed by atoms with Crippen LogP contribution in [0.5, 0.6) is 0 Å². The van der Waals surface area contributed by atoms with Crippen molar-refractivity contribution in [2.75, 3.05) is 0 Å². The predicted octanol–water partition coefficient (Wildman–Crippen LogP) is 2.05. The summed E-state index contributed by atoms with van der Waals surface area (Å²) in [5.41, 5.74) is 4.23. The van der Waals surface area contributed by atoms with Crippen molar-refractivity contribution in [2.45, 2.75) is 0 Å². The molecule has 0 atom stereocenters. The molecule has 0 saturated carbocycles. The highest BCUT2D eigenvalue weighted by atomic mass is 16.1. The minimum absolute atomic E-state index is 0.156. The van der Waals surface area contributed by atoms with E-state index in [0.717, 1.165) is 16.7 Å². The van der Waals surface area contributed by atoms with Crippen LogP contribution in [0.3, 0.4) is 0 Å². The quantitative estimate of drug-likeness (QED) is 0.559. The van der Waals surface area contributed by atoms with Crippen molar-refractivity contribution in [3.63, 3.8) is 0 Å². The fourth-order valence-corrected chi connectivity index (χ4v) is 1.82. The van der Waals surface area contributed by atoms with Crippen LogP contribution < -0.4 is 0 Å². The molecule has 1 heteroatoms. The monoisotopic (exact) mass is 154 g/mol. The fourth-order valence-electron chi connectivity index (χ4n) is 1.82. The number of benzene rings is 1. The number of carbonyl (C=O) groups excluding carboxylic acids is 1. The summed E-state index contributed by atoms with van der Waals surface area (Å²) < 4.78 is 0. The standard InChI is InChI=1S/C11H6O/c12-11-6-7-5-10(11)9-4-2-1-3-8(7)9/h1-6H. The van der Waals surface area contributed by atoms with Gasteiger partial charge in [-0.3, -0.25) is 4.79 Å². The number of rotatable bonds is 0. The van der Waals surface area contributed by atoms with E-state index in [1.807, 2.05) is 24.3 Å². The summed E-state index contributed by atoms with van der Waals surface area (Å²) in [6, 6.07) is 8.02. The Hall–Kier alpha value is -1.63. The lowest BCUT2D eigenvalue weighted by molar-refractivity contribution is -0.109. The molecule has 1 aromatic carbocycles. The lowest BCUT2D eigenvalue weighted by atomic mass is 9.97. The summed E-state index contributed by atoms with van der Waals surface area (Å²) in [5, 5.41) is 0. The fraction of sp³-hybridized carbons (Fsp3) is 0. The molecule has 0 saturated heterocycles. The second-order valence-electron chi connectivity index (χ2n) is 3.07. The molecule has 56 valence electrons. The van der Waals surface area contributed by atoms with Crippen molar-refractivity contribution in [3.8, 4) is 0 Å². The normalized spacial score (nSPS) is 17.5. The molecule has 2 bridgehead atoms. The average Bonchev–Trinajstić information content (AvgIpc) is 2.62. The first kappa shape index (κ1) is 5.95. The van der Waals surface area contributed by atoms with Gasteiger partial charge < -0.3 is 0 Å². The maximum Gasteiger partial charge on any atom is 0.187 e. The van der Waals surface area contributed by atoms with Gasteiger partial charge in [-0.1, -0.05) is 24.3 Å². The highest BCUT2D eigenvalue weighted by Crippen LogP contribution is 2.40. The van der Waals surface area contributed by atoms with Crippen molar-refractivity contribution in [1.82, 2.24) is 0 Å². The molecule has 0 unspecified atom stereocenters. The molecular formula is C11H6O. The number of ketones is 1. The maximum atomic E-state index is 11.3. The second kappa shape index (κ2) is 1.75. The lowest BCUT2D eigenvalue weighted by Crippen LogP contribution is -1.98. The molecule has 12 heavy (non-hydrogen) atoms. The topological polar surface area (TPSA) is 17.1 Å². The Morgan fingerprint density at radius 3 is 2.50 bits per heavy atom. The van der Waals surface area contributed by atoms with E-state index in [9.17, 15) is 4.79 Å². The van der Waals surface area contributed by atoms with E-state index in [-0.39, 0.29) is 5.78 Å². The van der Waals surface area contributed by atoms with E-state index in [2.05, 4.69) is 6.07 Å². The van der Waals surface area contributed by atoms with Crippen LogP contribution in [0.15, 0.2) is 36.4 Å². The van der Waals surface area contributed by atoms with Crippen LogP contribution in [-0.4, -0.2) is 5.78 Å². The predicted molar refractivity (Wildman–Crippen MR) is 47.4 cm³/mol. The van der Waals surface area contributed by atoms with Crippen LogP contribution in [0.2, 0.25) is 0 Å². The van der Waals surface area contributed by atoms with Crippen molar-refractivity contribution in [2.24, 2.45) is 0 Å². The smallest absolute Gasteiger partial charge is 0.187 e. The molecule has 1 aromatic rings. The highest BCUT2D eigenvalue weighted by Gasteiger charge is 2.27.